The highest BCUT2D eigenvalue weighted by Crippen LogP contribution is 2.29. The molecule has 0 bridgehead atoms. The molecule has 0 aliphatic rings. The molecule has 0 saturated carbocycles. The highest BCUT2D eigenvalue weighted by atomic mass is 19.3. The lowest BCUT2D eigenvalue weighted by Crippen LogP contribution is -2.37. The molecular weight excluding hydrogens is 414 g/mol. The van der Waals surface area contributed by atoms with Gasteiger partial charge in [-0.2, -0.15) is 8.78 Å². The molecule has 0 spiro atoms. The summed E-state index contributed by atoms with van der Waals surface area (Å²) in [7, 11) is 4.18. The SMILES string of the molecule is COc1cc(CCNC(=O)c2cnc3c(c2)c(=O)n(C)c(=O)n3C)ccc1OC(F)F. The molecule has 0 unspecified atom stereocenters. The summed E-state index contributed by atoms with van der Waals surface area (Å²) in [5.41, 5.74) is 0.0321. The Morgan fingerprint density at radius 3 is 2.58 bits per heavy atom. The number of rotatable bonds is 7. The molecule has 9 nitrogen and oxygen atoms in total. The first-order chi connectivity index (χ1) is 14.7. The topological polar surface area (TPSA) is 104 Å². The second-order valence-electron chi connectivity index (χ2n) is 6.67. The number of halogens is 2. The zero-order valence-electron chi connectivity index (χ0n) is 17.0. The van der Waals surface area contributed by atoms with Gasteiger partial charge in [0.05, 0.1) is 18.1 Å². The number of benzene rings is 1. The van der Waals surface area contributed by atoms with Crippen LogP contribution >= 0.6 is 0 Å². The maximum absolute atomic E-state index is 12.5. The van der Waals surface area contributed by atoms with Gasteiger partial charge in [0.1, 0.15) is 5.65 Å². The Kier molecular flexibility index (Phi) is 6.33. The summed E-state index contributed by atoms with van der Waals surface area (Å²) < 4.78 is 36.4. The van der Waals surface area contributed by atoms with Gasteiger partial charge in [0.2, 0.25) is 0 Å². The van der Waals surface area contributed by atoms with E-state index in [0.29, 0.717) is 6.42 Å². The van der Waals surface area contributed by atoms with Crippen molar-refractivity contribution in [1.82, 2.24) is 19.4 Å². The predicted molar refractivity (Wildman–Crippen MR) is 108 cm³/mol. The minimum atomic E-state index is -2.96. The van der Waals surface area contributed by atoms with Crippen molar-refractivity contribution in [3.63, 3.8) is 0 Å². The molecular formula is C20H20F2N4O5. The number of methoxy groups -OCH3 is 1. The van der Waals surface area contributed by atoms with Crippen LogP contribution in [0.25, 0.3) is 11.0 Å². The van der Waals surface area contributed by atoms with E-state index in [0.717, 1.165) is 10.1 Å². The number of alkyl halides is 2. The van der Waals surface area contributed by atoms with Gasteiger partial charge in [0.15, 0.2) is 11.5 Å². The van der Waals surface area contributed by atoms with Crippen LogP contribution in [0, 0.1) is 0 Å². The Balaban J connectivity index is 1.72. The van der Waals surface area contributed by atoms with E-state index in [-0.39, 0.29) is 34.6 Å². The maximum atomic E-state index is 12.5. The lowest BCUT2D eigenvalue weighted by Gasteiger charge is -2.12. The van der Waals surface area contributed by atoms with E-state index in [4.69, 9.17) is 4.74 Å². The minimum Gasteiger partial charge on any atom is -0.493 e. The van der Waals surface area contributed by atoms with Gasteiger partial charge in [-0.05, 0) is 30.2 Å². The Bertz CT molecular complexity index is 1250. The highest BCUT2D eigenvalue weighted by Gasteiger charge is 2.14. The first-order valence-electron chi connectivity index (χ1n) is 9.18. The van der Waals surface area contributed by atoms with Crippen LogP contribution in [0.2, 0.25) is 0 Å². The largest absolute Gasteiger partial charge is 0.493 e. The van der Waals surface area contributed by atoms with Crippen LogP contribution in [-0.2, 0) is 20.5 Å². The molecule has 3 rings (SSSR count). The summed E-state index contributed by atoms with van der Waals surface area (Å²) in [6.07, 6.45) is 1.68. The van der Waals surface area contributed by atoms with E-state index in [1.54, 1.807) is 12.1 Å². The molecule has 2 heterocycles. The molecule has 0 fully saturated rings. The normalized spacial score (nSPS) is 11.0. The molecule has 1 N–H and O–H groups in total. The number of pyridine rings is 1. The molecule has 0 atom stereocenters. The van der Waals surface area contributed by atoms with E-state index in [2.05, 4.69) is 15.0 Å². The number of aryl methyl sites for hydroxylation is 1. The summed E-state index contributed by atoms with van der Waals surface area (Å²) in [6.45, 7) is -2.73. The quantitative estimate of drug-likeness (QED) is 0.600. The Labute approximate surface area is 174 Å². The number of hydrogen-bond donors (Lipinski definition) is 1. The van der Waals surface area contributed by atoms with Crippen LogP contribution in [0.15, 0.2) is 40.1 Å². The summed E-state index contributed by atoms with van der Waals surface area (Å²) in [5.74, 6) is -0.372. The van der Waals surface area contributed by atoms with Crippen LogP contribution in [0.3, 0.4) is 0 Å². The van der Waals surface area contributed by atoms with Crippen LogP contribution in [0.1, 0.15) is 15.9 Å². The predicted octanol–water partition coefficient (Wildman–Crippen LogP) is 1.21. The van der Waals surface area contributed by atoms with Crippen molar-refractivity contribution >= 4 is 16.9 Å². The van der Waals surface area contributed by atoms with Crippen LogP contribution in [0.4, 0.5) is 8.78 Å². The summed E-state index contributed by atoms with van der Waals surface area (Å²) in [6, 6.07) is 5.90. The molecule has 0 radical (unpaired) electrons. The number of ether oxygens (including phenoxy) is 2. The van der Waals surface area contributed by atoms with E-state index in [1.807, 2.05) is 0 Å². The van der Waals surface area contributed by atoms with Gasteiger partial charge >= 0.3 is 12.3 Å². The standard InChI is InChI=1S/C20H20F2N4O5/c1-25-16-13(18(28)26(2)20(25)29)9-12(10-24-16)17(27)23-7-6-11-4-5-14(31-19(21)22)15(8-11)30-3/h4-5,8-10,19H,6-7H2,1-3H3,(H,23,27). The van der Waals surface area contributed by atoms with E-state index in [1.165, 1.54) is 44.1 Å². The zero-order valence-corrected chi connectivity index (χ0v) is 17.0. The summed E-state index contributed by atoms with van der Waals surface area (Å²) in [5, 5.41) is 2.86. The molecule has 0 aliphatic carbocycles. The smallest absolute Gasteiger partial charge is 0.387 e. The Morgan fingerprint density at radius 1 is 1.16 bits per heavy atom. The van der Waals surface area contributed by atoms with Crippen molar-refractivity contribution in [3.05, 3.63) is 62.4 Å². The van der Waals surface area contributed by atoms with Crippen LogP contribution in [-0.4, -0.2) is 40.3 Å². The van der Waals surface area contributed by atoms with E-state index in [9.17, 15) is 23.2 Å². The third kappa shape index (κ3) is 4.55. The fourth-order valence-corrected chi connectivity index (χ4v) is 3.07. The molecule has 11 heteroatoms. The minimum absolute atomic E-state index is 0.0801. The number of carbonyl (C=O) groups is 1. The average Bonchev–Trinajstić information content (AvgIpc) is 2.76. The average molecular weight is 434 g/mol. The van der Waals surface area contributed by atoms with Gasteiger partial charge in [-0.25, -0.2) is 9.78 Å². The number of amides is 1. The highest BCUT2D eigenvalue weighted by molar-refractivity contribution is 5.96. The number of hydrogen-bond acceptors (Lipinski definition) is 6. The van der Waals surface area contributed by atoms with E-state index >= 15 is 0 Å². The van der Waals surface area contributed by atoms with Gasteiger partial charge < -0.3 is 14.8 Å². The number of carbonyl (C=O) groups excluding carboxylic acids is 1. The summed E-state index contributed by atoms with van der Waals surface area (Å²) in [4.78, 5) is 40.9. The number of aromatic nitrogens is 3. The lowest BCUT2D eigenvalue weighted by atomic mass is 10.1. The fraction of sp³-hybridized carbons (Fsp3) is 0.300. The van der Waals surface area contributed by atoms with Crippen LogP contribution in [0.5, 0.6) is 11.5 Å². The van der Waals surface area contributed by atoms with Crippen molar-refractivity contribution in [2.75, 3.05) is 13.7 Å². The van der Waals surface area contributed by atoms with Crippen molar-refractivity contribution < 1.29 is 23.0 Å². The molecule has 0 saturated heterocycles. The van der Waals surface area contributed by atoms with Crippen molar-refractivity contribution in [2.45, 2.75) is 13.0 Å². The lowest BCUT2D eigenvalue weighted by molar-refractivity contribution is -0.0512. The molecule has 31 heavy (non-hydrogen) atoms. The third-order valence-electron chi connectivity index (χ3n) is 4.70. The van der Waals surface area contributed by atoms with Crippen LogP contribution < -0.4 is 26.0 Å². The van der Waals surface area contributed by atoms with Gasteiger partial charge in [0.25, 0.3) is 11.5 Å². The van der Waals surface area contributed by atoms with Gasteiger partial charge in [-0.1, -0.05) is 6.07 Å². The molecule has 1 aromatic carbocycles. The number of nitrogens with one attached hydrogen (secondary N) is 1. The van der Waals surface area contributed by atoms with E-state index < -0.39 is 23.8 Å². The van der Waals surface area contributed by atoms with Gasteiger partial charge in [-0.15, -0.1) is 0 Å². The Hall–Kier alpha value is -3.76. The molecule has 3 aromatic rings. The second kappa shape index (κ2) is 8.94. The first kappa shape index (κ1) is 21.9. The Morgan fingerprint density at radius 2 is 1.90 bits per heavy atom. The van der Waals surface area contributed by atoms with Crippen molar-refractivity contribution in [1.29, 1.82) is 0 Å². The molecule has 164 valence electrons. The van der Waals surface area contributed by atoms with Gasteiger partial charge in [-0.3, -0.25) is 18.7 Å². The first-order valence-corrected chi connectivity index (χ1v) is 9.18. The van der Waals surface area contributed by atoms with Gasteiger partial charge in [0, 0.05) is 26.8 Å². The van der Waals surface area contributed by atoms with Crippen molar-refractivity contribution in [2.24, 2.45) is 14.1 Å². The molecule has 1 amide bonds. The second-order valence-corrected chi connectivity index (χ2v) is 6.67. The monoisotopic (exact) mass is 434 g/mol. The fourth-order valence-electron chi connectivity index (χ4n) is 3.07. The molecule has 0 aliphatic heterocycles. The number of fused-ring (bicyclic) bond motifs is 1. The van der Waals surface area contributed by atoms with Crippen molar-refractivity contribution in [3.8, 4) is 11.5 Å². The number of nitrogens with zero attached hydrogens (tertiary/aromatic N) is 3. The summed E-state index contributed by atoms with van der Waals surface area (Å²) >= 11 is 0. The third-order valence-corrected chi connectivity index (χ3v) is 4.70. The maximum Gasteiger partial charge on any atom is 0.387 e. The zero-order chi connectivity index (χ0) is 22.7. The molecule has 2 aromatic heterocycles.